The van der Waals surface area contributed by atoms with Gasteiger partial charge in [-0.15, -0.1) is 10.2 Å². The molecule has 1 saturated heterocycles. The van der Waals surface area contributed by atoms with Gasteiger partial charge in [-0.1, -0.05) is 27.7 Å². The number of rotatable bonds is 7. The highest BCUT2D eigenvalue weighted by Crippen LogP contribution is 2.25. The molecular formula is C33H34BrN11. The summed E-state index contributed by atoms with van der Waals surface area (Å²) in [5, 5.41) is 22.7. The molecule has 0 radical (unpaired) electrons. The van der Waals surface area contributed by atoms with Crippen molar-refractivity contribution in [3.63, 3.8) is 0 Å². The van der Waals surface area contributed by atoms with E-state index in [1.807, 2.05) is 48.7 Å². The molecule has 0 atom stereocenters. The second kappa shape index (κ2) is 13.4. The average Bonchev–Trinajstić information content (AvgIpc) is 3.00. The average molecular weight is 665 g/mol. The summed E-state index contributed by atoms with van der Waals surface area (Å²) in [7, 11) is 0. The fraction of sp³-hybridized carbons (Fsp3) is 0.273. The summed E-state index contributed by atoms with van der Waals surface area (Å²) < 4.78 is 0.904. The van der Waals surface area contributed by atoms with E-state index in [-0.39, 0.29) is 0 Å². The number of anilines is 5. The van der Waals surface area contributed by atoms with Crippen molar-refractivity contribution in [2.75, 3.05) is 28.6 Å². The van der Waals surface area contributed by atoms with Gasteiger partial charge >= 0.3 is 0 Å². The van der Waals surface area contributed by atoms with E-state index in [1.165, 1.54) is 6.42 Å². The molecule has 1 fully saturated rings. The van der Waals surface area contributed by atoms with Crippen molar-refractivity contribution in [3.8, 4) is 0 Å². The van der Waals surface area contributed by atoms with Gasteiger partial charge in [-0.2, -0.15) is 10.2 Å². The maximum absolute atomic E-state index is 4.68. The maximum Gasteiger partial charge on any atom is 0.154 e. The molecule has 0 bridgehead atoms. The van der Waals surface area contributed by atoms with Crippen molar-refractivity contribution >= 4 is 67.0 Å². The van der Waals surface area contributed by atoms with Crippen molar-refractivity contribution < 1.29 is 0 Å². The molecule has 12 heteroatoms. The Balaban J connectivity index is 0.000000160. The number of nitrogens with one attached hydrogen (secondary N) is 2. The van der Waals surface area contributed by atoms with Crippen LogP contribution < -0.4 is 15.5 Å². The van der Waals surface area contributed by atoms with E-state index >= 15 is 0 Å². The molecule has 0 aromatic carbocycles. The third-order valence-corrected chi connectivity index (χ3v) is 7.88. The van der Waals surface area contributed by atoms with Crippen LogP contribution in [0.3, 0.4) is 0 Å². The molecule has 45 heavy (non-hydrogen) atoms. The summed E-state index contributed by atoms with van der Waals surface area (Å²) >= 11 is 3.40. The maximum atomic E-state index is 4.68. The molecular weight excluding hydrogens is 630 g/mol. The van der Waals surface area contributed by atoms with Crippen LogP contribution in [0.15, 0.2) is 77.8 Å². The van der Waals surface area contributed by atoms with Crippen molar-refractivity contribution in [2.45, 2.75) is 46.0 Å². The van der Waals surface area contributed by atoms with Crippen LogP contribution in [0.1, 0.15) is 57.1 Å². The number of aromatic nitrogens is 8. The summed E-state index contributed by atoms with van der Waals surface area (Å²) in [4.78, 5) is 20.3. The molecule has 0 aliphatic carbocycles. The van der Waals surface area contributed by atoms with Gasteiger partial charge in [-0.3, -0.25) is 9.97 Å². The van der Waals surface area contributed by atoms with Crippen molar-refractivity contribution in [3.05, 3.63) is 88.9 Å². The smallest absolute Gasteiger partial charge is 0.154 e. The van der Waals surface area contributed by atoms with Crippen LogP contribution in [-0.4, -0.2) is 53.4 Å². The van der Waals surface area contributed by atoms with Crippen LogP contribution in [0.4, 0.5) is 29.0 Å². The SMILES string of the molecule is CC(C)c1cnnc(Nc2ccc3ncc(Br)cc3n2)c1.CC(C)c1cnnc(Nc2ccc3ncc(N4CCC4)cc3n2)c1. The fourth-order valence-electron chi connectivity index (χ4n) is 4.64. The molecule has 1 aliphatic rings. The highest BCUT2D eigenvalue weighted by Gasteiger charge is 2.15. The minimum atomic E-state index is 0.408. The summed E-state index contributed by atoms with van der Waals surface area (Å²) in [5.41, 5.74) is 6.88. The Morgan fingerprint density at radius 2 is 1.16 bits per heavy atom. The lowest BCUT2D eigenvalue weighted by atomic mass is 10.1. The van der Waals surface area contributed by atoms with E-state index < -0.39 is 0 Å². The van der Waals surface area contributed by atoms with Crippen LogP contribution in [0.5, 0.6) is 0 Å². The lowest BCUT2D eigenvalue weighted by Gasteiger charge is -2.32. The van der Waals surface area contributed by atoms with Gasteiger partial charge in [0.2, 0.25) is 0 Å². The zero-order chi connectivity index (χ0) is 31.3. The normalized spacial score (nSPS) is 12.6. The molecule has 0 unspecified atom stereocenters. The molecule has 6 aromatic rings. The Kier molecular flexibility index (Phi) is 9.01. The van der Waals surface area contributed by atoms with Crippen molar-refractivity contribution in [2.24, 2.45) is 0 Å². The molecule has 7 rings (SSSR count). The van der Waals surface area contributed by atoms with E-state index in [2.05, 4.69) is 106 Å². The number of hydrogen-bond acceptors (Lipinski definition) is 11. The third kappa shape index (κ3) is 7.46. The summed E-state index contributed by atoms with van der Waals surface area (Å²) in [6, 6.07) is 15.7. The number of nitrogens with zero attached hydrogens (tertiary/aromatic N) is 9. The number of pyridine rings is 4. The van der Waals surface area contributed by atoms with Gasteiger partial charge in [0.25, 0.3) is 0 Å². The quantitative estimate of drug-likeness (QED) is 0.175. The van der Waals surface area contributed by atoms with E-state index in [4.69, 9.17) is 0 Å². The highest BCUT2D eigenvalue weighted by atomic mass is 79.9. The van der Waals surface area contributed by atoms with Crippen LogP contribution in [0.2, 0.25) is 0 Å². The van der Waals surface area contributed by atoms with E-state index in [1.54, 1.807) is 18.6 Å². The first-order chi connectivity index (χ1) is 21.8. The summed E-state index contributed by atoms with van der Waals surface area (Å²) in [6.07, 6.45) is 8.51. The molecule has 0 spiro atoms. The topological polar surface area (TPSA) is 130 Å². The summed E-state index contributed by atoms with van der Waals surface area (Å²) in [6.45, 7) is 10.7. The number of halogens is 1. The second-order valence-corrected chi connectivity index (χ2v) is 12.4. The Bertz CT molecular complexity index is 1940. The molecule has 2 N–H and O–H groups in total. The van der Waals surface area contributed by atoms with Gasteiger partial charge in [-0.25, -0.2) is 9.97 Å². The molecule has 0 amide bonds. The van der Waals surface area contributed by atoms with Gasteiger partial charge in [0.15, 0.2) is 11.6 Å². The van der Waals surface area contributed by atoms with Gasteiger partial charge in [0.05, 0.1) is 46.3 Å². The first kappa shape index (κ1) is 30.2. The largest absolute Gasteiger partial charge is 0.370 e. The van der Waals surface area contributed by atoms with Crippen LogP contribution in [-0.2, 0) is 0 Å². The summed E-state index contributed by atoms with van der Waals surface area (Å²) in [5.74, 6) is 3.69. The van der Waals surface area contributed by atoms with Crippen LogP contribution in [0.25, 0.3) is 22.1 Å². The van der Waals surface area contributed by atoms with Gasteiger partial charge in [0.1, 0.15) is 11.6 Å². The minimum absolute atomic E-state index is 0.408. The first-order valence-electron chi connectivity index (χ1n) is 14.9. The van der Waals surface area contributed by atoms with Gasteiger partial charge in [0, 0.05) is 23.8 Å². The fourth-order valence-corrected chi connectivity index (χ4v) is 4.96. The second-order valence-electron chi connectivity index (χ2n) is 11.5. The monoisotopic (exact) mass is 663 g/mol. The first-order valence-corrected chi connectivity index (χ1v) is 15.7. The van der Waals surface area contributed by atoms with Crippen molar-refractivity contribution in [1.29, 1.82) is 0 Å². The molecule has 7 heterocycles. The lowest BCUT2D eigenvalue weighted by Crippen LogP contribution is -2.36. The lowest BCUT2D eigenvalue weighted by molar-refractivity contribution is 0.617. The zero-order valence-electron chi connectivity index (χ0n) is 25.6. The zero-order valence-corrected chi connectivity index (χ0v) is 27.2. The Hall–Kier alpha value is -4.84. The third-order valence-electron chi connectivity index (χ3n) is 7.45. The van der Waals surface area contributed by atoms with Gasteiger partial charge < -0.3 is 15.5 Å². The van der Waals surface area contributed by atoms with Gasteiger partial charge in [-0.05, 0) is 93.8 Å². The minimum Gasteiger partial charge on any atom is -0.370 e. The Labute approximate surface area is 270 Å². The predicted octanol–water partition coefficient (Wildman–Crippen LogP) is 7.55. The molecule has 11 nitrogen and oxygen atoms in total. The van der Waals surface area contributed by atoms with E-state index in [0.717, 1.165) is 68.1 Å². The van der Waals surface area contributed by atoms with E-state index in [0.29, 0.717) is 23.5 Å². The predicted molar refractivity (Wildman–Crippen MR) is 182 cm³/mol. The molecule has 1 aliphatic heterocycles. The van der Waals surface area contributed by atoms with Crippen LogP contribution >= 0.6 is 15.9 Å². The highest BCUT2D eigenvalue weighted by molar-refractivity contribution is 9.10. The Morgan fingerprint density at radius 1 is 0.622 bits per heavy atom. The number of fused-ring (bicyclic) bond motifs is 2. The molecule has 228 valence electrons. The number of hydrogen-bond donors (Lipinski definition) is 2. The molecule has 6 aromatic heterocycles. The molecule has 0 saturated carbocycles. The van der Waals surface area contributed by atoms with Crippen molar-refractivity contribution in [1.82, 2.24) is 40.3 Å². The Morgan fingerprint density at radius 3 is 1.67 bits per heavy atom. The van der Waals surface area contributed by atoms with Crippen LogP contribution in [0, 0.1) is 0 Å². The standard InChI is InChI=1S/C18H20N6.C15H14BrN5/c1-12(2)13-8-18(23-20-10-13)22-17-5-4-15-16(21-17)9-14(11-19-15)24-6-3-7-24;1-9(2)10-5-15(21-18-7-10)20-14-4-3-12-13(19-14)6-11(16)8-17-12/h4-5,8-12H,3,6-7H2,1-2H3,(H,21,22,23);3-9H,1-2H3,(H,19,20,21). The van der Waals surface area contributed by atoms with E-state index in [9.17, 15) is 0 Å².